The van der Waals surface area contributed by atoms with Gasteiger partial charge in [-0.3, -0.25) is 4.79 Å². The van der Waals surface area contributed by atoms with Crippen molar-refractivity contribution in [1.29, 1.82) is 0 Å². The van der Waals surface area contributed by atoms with Crippen LogP contribution in [0.15, 0.2) is 82.7 Å². The molecule has 0 unspecified atom stereocenters. The predicted molar refractivity (Wildman–Crippen MR) is 144 cm³/mol. The molecule has 0 N–H and O–H groups in total. The summed E-state index contributed by atoms with van der Waals surface area (Å²) >= 11 is 1.65. The van der Waals surface area contributed by atoms with Gasteiger partial charge in [-0.1, -0.05) is 80.5 Å². The first kappa shape index (κ1) is 23.6. The fourth-order valence-corrected chi connectivity index (χ4v) is 5.48. The van der Waals surface area contributed by atoms with Gasteiger partial charge in [-0.05, 0) is 50.1 Å². The van der Waals surface area contributed by atoms with Crippen LogP contribution in [0.4, 0.5) is 0 Å². The molecular weight excluding hydrogens is 452 g/mol. The lowest BCUT2D eigenvalue weighted by Gasteiger charge is -2.37. The maximum Gasteiger partial charge on any atom is 0.247 e. The lowest BCUT2D eigenvalue weighted by atomic mass is 9.85. The third kappa shape index (κ3) is 5.10. The van der Waals surface area contributed by atoms with Crippen LogP contribution in [0.3, 0.4) is 0 Å². The van der Waals surface area contributed by atoms with Crippen molar-refractivity contribution in [2.24, 2.45) is 5.16 Å². The van der Waals surface area contributed by atoms with Crippen molar-refractivity contribution in [2.45, 2.75) is 51.0 Å². The molecular formula is C30H32N2O2S. The van der Waals surface area contributed by atoms with E-state index in [4.69, 9.17) is 4.84 Å². The van der Waals surface area contributed by atoms with Gasteiger partial charge in [-0.2, -0.15) is 11.3 Å². The molecule has 1 aromatic heterocycles. The maximum atomic E-state index is 13.4. The number of piperidine rings is 1. The van der Waals surface area contributed by atoms with Crippen molar-refractivity contribution in [1.82, 2.24) is 4.90 Å². The van der Waals surface area contributed by atoms with E-state index in [1.54, 1.807) is 11.3 Å². The number of carbonyl (C=O) groups excluding carboxylic acids is 1. The summed E-state index contributed by atoms with van der Waals surface area (Å²) in [5, 5.41) is 8.57. The quantitative estimate of drug-likeness (QED) is 0.389. The van der Waals surface area contributed by atoms with Crippen LogP contribution in [0.2, 0.25) is 0 Å². The molecule has 1 spiro atoms. The molecule has 5 heteroatoms. The molecule has 0 radical (unpaired) electrons. The van der Waals surface area contributed by atoms with Gasteiger partial charge in [0.1, 0.15) is 5.60 Å². The maximum absolute atomic E-state index is 13.4. The van der Waals surface area contributed by atoms with Gasteiger partial charge in [0.05, 0.1) is 5.71 Å². The molecule has 35 heavy (non-hydrogen) atoms. The summed E-state index contributed by atoms with van der Waals surface area (Å²) in [5.41, 5.74) is 6.34. The third-order valence-corrected chi connectivity index (χ3v) is 7.78. The molecule has 0 bridgehead atoms. The van der Waals surface area contributed by atoms with E-state index in [0.717, 1.165) is 47.2 Å². The Labute approximate surface area is 211 Å². The molecule has 3 aromatic rings. The number of hydrogen-bond donors (Lipinski definition) is 0. The minimum Gasteiger partial charge on any atom is -0.388 e. The lowest BCUT2D eigenvalue weighted by Crippen LogP contribution is -2.46. The van der Waals surface area contributed by atoms with Gasteiger partial charge >= 0.3 is 0 Å². The number of benzene rings is 2. The van der Waals surface area contributed by atoms with Crippen molar-refractivity contribution < 1.29 is 9.63 Å². The second kappa shape index (κ2) is 9.46. The number of oxime groups is 1. The zero-order chi connectivity index (χ0) is 24.5. The first-order valence-corrected chi connectivity index (χ1v) is 13.2. The Bertz CT molecular complexity index is 1230. The Balaban J connectivity index is 1.29. The molecule has 2 aromatic carbocycles. The molecule has 1 saturated heterocycles. The van der Waals surface area contributed by atoms with E-state index in [1.165, 1.54) is 5.56 Å². The molecule has 1 amide bonds. The highest BCUT2D eigenvalue weighted by molar-refractivity contribution is 7.08. The topological polar surface area (TPSA) is 41.9 Å². The van der Waals surface area contributed by atoms with Gasteiger partial charge < -0.3 is 9.74 Å². The molecule has 2 aliphatic heterocycles. The van der Waals surface area contributed by atoms with Crippen LogP contribution in [0.1, 0.15) is 62.3 Å². The standard InChI is InChI=1S/C30H32N2O2S/c1-29(2,3)25-11-9-22(10-12-25)26(24-13-18-35-21-24)19-28(33)32-16-14-30(15-17-32)20-27(31-34-30)23-7-5-4-6-8-23/h4-13,18-19,21H,14-17,20H2,1-3H3/b26-19-. The molecule has 3 heterocycles. The zero-order valence-electron chi connectivity index (χ0n) is 20.7. The fourth-order valence-electron chi connectivity index (χ4n) is 4.83. The Morgan fingerprint density at radius 1 is 1.00 bits per heavy atom. The van der Waals surface area contributed by atoms with Gasteiger partial charge in [-0.25, -0.2) is 0 Å². The molecule has 5 rings (SSSR count). The summed E-state index contributed by atoms with van der Waals surface area (Å²) in [6.45, 7) is 7.99. The predicted octanol–water partition coefficient (Wildman–Crippen LogP) is 6.66. The number of thiophene rings is 1. The molecule has 4 nitrogen and oxygen atoms in total. The Kier molecular flexibility index (Phi) is 6.37. The highest BCUT2D eigenvalue weighted by atomic mass is 32.1. The Morgan fingerprint density at radius 3 is 2.34 bits per heavy atom. The largest absolute Gasteiger partial charge is 0.388 e. The van der Waals surface area contributed by atoms with Gasteiger partial charge in [0.15, 0.2) is 0 Å². The average molecular weight is 485 g/mol. The molecule has 0 aliphatic carbocycles. The molecule has 180 valence electrons. The highest BCUT2D eigenvalue weighted by Gasteiger charge is 2.43. The van der Waals surface area contributed by atoms with Crippen LogP contribution in [-0.2, 0) is 15.0 Å². The van der Waals surface area contributed by atoms with Crippen LogP contribution < -0.4 is 0 Å². The monoisotopic (exact) mass is 484 g/mol. The van der Waals surface area contributed by atoms with E-state index < -0.39 is 0 Å². The number of rotatable bonds is 4. The van der Waals surface area contributed by atoms with Crippen LogP contribution in [0, 0.1) is 0 Å². The minimum absolute atomic E-state index is 0.0585. The smallest absolute Gasteiger partial charge is 0.247 e. The van der Waals surface area contributed by atoms with E-state index in [1.807, 2.05) is 29.2 Å². The first-order chi connectivity index (χ1) is 16.8. The Hall–Kier alpha value is -3.18. The fraction of sp³-hybridized carbons (Fsp3) is 0.333. The summed E-state index contributed by atoms with van der Waals surface area (Å²) in [6.07, 6.45) is 4.20. The van der Waals surface area contributed by atoms with E-state index >= 15 is 0 Å². The summed E-state index contributed by atoms with van der Waals surface area (Å²) in [7, 11) is 0. The van der Waals surface area contributed by atoms with Crippen molar-refractivity contribution in [3.63, 3.8) is 0 Å². The van der Waals surface area contributed by atoms with Crippen molar-refractivity contribution in [3.05, 3.63) is 99.8 Å². The van der Waals surface area contributed by atoms with Gasteiger partial charge in [0.25, 0.3) is 0 Å². The summed E-state index contributed by atoms with van der Waals surface area (Å²) in [6, 6.07) is 20.9. The number of carbonyl (C=O) groups is 1. The molecule has 0 saturated carbocycles. The normalized spacial score (nSPS) is 17.9. The number of amides is 1. The van der Waals surface area contributed by atoms with Crippen LogP contribution in [0.25, 0.3) is 5.57 Å². The van der Waals surface area contributed by atoms with Crippen molar-refractivity contribution in [3.8, 4) is 0 Å². The molecule has 2 aliphatic rings. The van der Waals surface area contributed by atoms with Crippen molar-refractivity contribution >= 4 is 28.5 Å². The van der Waals surface area contributed by atoms with E-state index in [2.05, 4.69) is 79.2 Å². The van der Waals surface area contributed by atoms with Crippen LogP contribution in [-0.4, -0.2) is 35.2 Å². The van der Waals surface area contributed by atoms with Crippen LogP contribution in [0.5, 0.6) is 0 Å². The minimum atomic E-state index is -0.287. The summed E-state index contributed by atoms with van der Waals surface area (Å²) in [4.78, 5) is 21.3. The van der Waals surface area contributed by atoms with E-state index in [0.29, 0.717) is 13.1 Å². The Morgan fingerprint density at radius 2 is 1.71 bits per heavy atom. The van der Waals surface area contributed by atoms with Crippen LogP contribution >= 0.6 is 11.3 Å². The van der Waals surface area contributed by atoms with Gasteiger partial charge in [-0.15, -0.1) is 0 Å². The lowest BCUT2D eigenvalue weighted by molar-refractivity contribution is -0.131. The second-order valence-corrected chi connectivity index (χ2v) is 11.4. The van der Waals surface area contributed by atoms with Gasteiger partial charge in [0, 0.05) is 38.4 Å². The molecule has 0 atom stereocenters. The summed E-state index contributed by atoms with van der Waals surface area (Å²) in [5.74, 6) is 0.0585. The number of nitrogens with zero attached hydrogens (tertiary/aromatic N) is 2. The SMILES string of the molecule is CC(C)(C)c1ccc(/C(=C/C(=O)N2CCC3(CC2)CC(c2ccccc2)=NO3)c2ccsc2)cc1. The first-order valence-electron chi connectivity index (χ1n) is 12.3. The number of likely N-dealkylation sites (tertiary alicyclic amines) is 1. The highest BCUT2D eigenvalue weighted by Crippen LogP contribution is 2.36. The number of hydrogen-bond acceptors (Lipinski definition) is 4. The summed E-state index contributed by atoms with van der Waals surface area (Å²) < 4.78 is 0. The molecule has 1 fully saturated rings. The third-order valence-electron chi connectivity index (χ3n) is 7.09. The van der Waals surface area contributed by atoms with E-state index in [-0.39, 0.29) is 16.9 Å². The van der Waals surface area contributed by atoms with Gasteiger partial charge in [0.2, 0.25) is 5.91 Å². The van der Waals surface area contributed by atoms with E-state index in [9.17, 15) is 4.79 Å². The second-order valence-electron chi connectivity index (χ2n) is 10.6. The average Bonchev–Trinajstić information content (AvgIpc) is 3.54. The van der Waals surface area contributed by atoms with Crippen molar-refractivity contribution in [2.75, 3.05) is 13.1 Å². The zero-order valence-corrected chi connectivity index (χ0v) is 21.5.